The molecule has 0 radical (unpaired) electrons. The number of nitrogens with one attached hydrogen (secondary N) is 2. The number of unbranched alkanes of at least 4 members (excludes halogenated alkanes) is 2. The number of benzene rings is 2. The molecule has 4 N–H and O–H groups in total. The number of rotatable bonds is 12. The zero-order chi connectivity index (χ0) is 47.2. The Labute approximate surface area is 372 Å². The molecule has 0 aliphatic carbocycles. The van der Waals surface area contributed by atoms with Crippen molar-refractivity contribution in [3.05, 3.63) is 52.5 Å². The molecular weight excluding hydrogens is 917 g/mol. The molecule has 2 aromatic carbocycles. The molecule has 0 amide bonds. The molecule has 350 valence electrons. The van der Waals surface area contributed by atoms with Gasteiger partial charge in [-0.3, -0.25) is 9.44 Å². The first-order chi connectivity index (χ1) is 29.1. The molecule has 2 atom stereocenters. The van der Waals surface area contributed by atoms with Crippen LogP contribution in [0.3, 0.4) is 0 Å². The van der Waals surface area contributed by atoms with Gasteiger partial charge in [-0.25, -0.2) is 0 Å². The molecule has 0 bridgehead atoms. The summed E-state index contributed by atoms with van der Waals surface area (Å²) < 4.78 is 127. The highest BCUT2D eigenvalue weighted by Gasteiger charge is 2.48. The molecule has 2 unspecified atom stereocenters. The van der Waals surface area contributed by atoms with E-state index in [1.165, 1.54) is 35.0 Å². The highest BCUT2D eigenvalue weighted by atomic mass is 32.2. The SMILES string of the molecule is CCCCN1c2cc(NS(=O)(=O)C(F)(F)F)c(N=Nc3nncs3)cc2C(C)CC1(C)C.CCCCN1c2cc(NS(=O)(=O)C(F)(F)F)ccc2C(C)CC1(C)C.Nc1nncs1. The fourth-order valence-electron chi connectivity index (χ4n) is 7.62. The Morgan fingerprint density at radius 2 is 1.25 bits per heavy atom. The lowest BCUT2D eigenvalue weighted by Gasteiger charge is -2.48. The average molecular weight is 970 g/mol. The van der Waals surface area contributed by atoms with Crippen LogP contribution in [0.25, 0.3) is 0 Å². The zero-order valence-corrected chi connectivity index (χ0v) is 39.3. The first-order valence-electron chi connectivity index (χ1n) is 19.9. The predicted octanol–water partition coefficient (Wildman–Crippen LogP) is 11.1. The summed E-state index contributed by atoms with van der Waals surface area (Å²) in [5.74, 6) is 0.331. The lowest BCUT2D eigenvalue weighted by atomic mass is 9.79. The second-order valence-corrected chi connectivity index (χ2v) is 21.4. The van der Waals surface area contributed by atoms with Gasteiger partial charge in [0.2, 0.25) is 5.13 Å². The van der Waals surface area contributed by atoms with Gasteiger partial charge in [0.05, 0.1) is 11.4 Å². The van der Waals surface area contributed by atoms with Crippen LogP contribution in [0.4, 0.5) is 65.0 Å². The van der Waals surface area contributed by atoms with Gasteiger partial charge in [-0.15, -0.1) is 30.6 Å². The molecule has 4 aromatic rings. The largest absolute Gasteiger partial charge is 0.516 e. The highest BCUT2D eigenvalue weighted by Crippen LogP contribution is 2.48. The molecule has 2 aliphatic heterocycles. The van der Waals surface area contributed by atoms with E-state index in [4.69, 9.17) is 5.73 Å². The van der Waals surface area contributed by atoms with E-state index in [-0.39, 0.29) is 45.1 Å². The van der Waals surface area contributed by atoms with Crippen LogP contribution in [-0.4, -0.2) is 72.4 Å². The van der Waals surface area contributed by atoms with Crippen molar-refractivity contribution < 1.29 is 43.2 Å². The van der Waals surface area contributed by atoms with E-state index in [9.17, 15) is 43.2 Å². The molecule has 2 aliphatic rings. The van der Waals surface area contributed by atoms with E-state index in [0.717, 1.165) is 73.2 Å². The Kier molecular flexibility index (Phi) is 16.5. The predicted molar refractivity (Wildman–Crippen MR) is 237 cm³/mol. The Morgan fingerprint density at radius 3 is 1.71 bits per heavy atom. The Morgan fingerprint density at radius 1 is 0.746 bits per heavy atom. The molecular formula is C38H53F6N11O4S4. The Bertz CT molecular complexity index is 2380. The van der Waals surface area contributed by atoms with Gasteiger partial charge in [0.25, 0.3) is 5.13 Å². The number of azo groups is 1. The average Bonchev–Trinajstić information content (AvgIpc) is 3.87. The van der Waals surface area contributed by atoms with Gasteiger partial charge in [0.15, 0.2) is 0 Å². The van der Waals surface area contributed by atoms with Crippen LogP contribution in [0.15, 0.2) is 51.6 Å². The maximum atomic E-state index is 13.1. The molecule has 0 saturated heterocycles. The van der Waals surface area contributed by atoms with Crippen LogP contribution < -0.4 is 25.0 Å². The van der Waals surface area contributed by atoms with Gasteiger partial charge in [0, 0.05) is 35.5 Å². The third kappa shape index (κ3) is 12.9. The molecule has 4 heterocycles. The van der Waals surface area contributed by atoms with Crippen LogP contribution in [0.5, 0.6) is 0 Å². The van der Waals surface area contributed by atoms with Crippen LogP contribution in [0.1, 0.15) is 117 Å². The van der Waals surface area contributed by atoms with Crippen molar-refractivity contribution in [2.45, 2.75) is 128 Å². The first kappa shape index (κ1) is 51.3. The number of alkyl halides is 6. The highest BCUT2D eigenvalue weighted by molar-refractivity contribution is 7.93. The van der Waals surface area contributed by atoms with Crippen molar-refractivity contribution in [2.24, 2.45) is 10.2 Å². The summed E-state index contributed by atoms with van der Waals surface area (Å²) in [4.78, 5) is 4.31. The van der Waals surface area contributed by atoms with E-state index in [2.05, 4.69) is 88.9 Å². The standard InChI is InChI=1S/C19H25F3N6O2S2.C17H25F3N2O2S.C2H3N3S/c1-5-6-7-28-16-9-15(27-32(29,30)19(20,21)22)14(24-26-17-25-23-11-31-17)8-13(16)12(2)10-18(28,3)4;1-5-6-9-22-15-10-13(21-25(23,24)17(18,19)20)7-8-14(15)12(2)11-16(22,3)4;3-2-5-4-1-6-2/h8-9,11-12,27H,5-7,10H2,1-4H3;7-8,10,12,21H,5-6,9,11H2,1-4H3;1H,(H2,3,5). The van der Waals surface area contributed by atoms with Gasteiger partial charge >= 0.3 is 31.1 Å². The van der Waals surface area contributed by atoms with Gasteiger partial charge in [-0.1, -0.05) is 69.3 Å². The fraction of sp³-hybridized carbons (Fsp3) is 0.579. The number of hydrogen-bond donors (Lipinski definition) is 3. The summed E-state index contributed by atoms with van der Waals surface area (Å²) in [6.45, 7) is 18.1. The van der Waals surface area contributed by atoms with Crippen molar-refractivity contribution >= 4 is 81.4 Å². The van der Waals surface area contributed by atoms with Crippen LogP contribution in [0.2, 0.25) is 0 Å². The molecule has 6 rings (SSSR count). The number of hydrogen-bond acceptors (Lipinski definition) is 15. The van der Waals surface area contributed by atoms with Gasteiger partial charge < -0.3 is 15.5 Å². The third-order valence-electron chi connectivity index (χ3n) is 10.4. The summed E-state index contributed by atoms with van der Waals surface area (Å²) >= 11 is 2.43. The third-order valence-corrected chi connectivity index (χ3v) is 13.7. The molecule has 2 aromatic heterocycles. The van der Waals surface area contributed by atoms with E-state index in [0.29, 0.717) is 17.4 Å². The first-order valence-corrected chi connectivity index (χ1v) is 24.6. The number of sulfonamides is 2. The fourth-order valence-corrected chi connectivity index (χ4v) is 9.41. The summed E-state index contributed by atoms with van der Waals surface area (Å²) in [7, 11) is -11.1. The number of nitrogen functional groups attached to an aromatic ring is 1. The number of aromatic nitrogens is 4. The maximum Gasteiger partial charge on any atom is 0.516 e. The van der Waals surface area contributed by atoms with Gasteiger partial charge in [-0.2, -0.15) is 43.2 Å². The Balaban J connectivity index is 0.000000249. The van der Waals surface area contributed by atoms with E-state index in [1.54, 1.807) is 27.1 Å². The minimum Gasteiger partial charge on any atom is -0.374 e. The number of halogens is 6. The maximum absolute atomic E-state index is 13.1. The zero-order valence-electron chi connectivity index (χ0n) is 36.0. The van der Waals surface area contributed by atoms with Crippen molar-refractivity contribution in [1.29, 1.82) is 0 Å². The number of anilines is 5. The summed E-state index contributed by atoms with van der Waals surface area (Å²) in [5, 5.41) is 22.9. The normalized spacial score (nSPS) is 18.4. The van der Waals surface area contributed by atoms with Crippen LogP contribution in [-0.2, 0) is 20.0 Å². The molecule has 15 nitrogen and oxygen atoms in total. The lowest BCUT2D eigenvalue weighted by Crippen LogP contribution is -2.48. The minimum absolute atomic E-state index is 0.0197. The molecule has 63 heavy (non-hydrogen) atoms. The topological polar surface area (TPSA) is 201 Å². The second-order valence-electron chi connectivity index (χ2n) is 16.3. The molecule has 0 spiro atoms. The van der Waals surface area contributed by atoms with Crippen molar-refractivity contribution in [1.82, 2.24) is 20.4 Å². The van der Waals surface area contributed by atoms with E-state index < -0.39 is 31.1 Å². The number of nitrogens with zero attached hydrogens (tertiary/aromatic N) is 8. The monoisotopic (exact) mass is 969 g/mol. The van der Waals surface area contributed by atoms with Crippen molar-refractivity contribution in [3.8, 4) is 0 Å². The van der Waals surface area contributed by atoms with Crippen LogP contribution >= 0.6 is 22.7 Å². The minimum atomic E-state index is -5.64. The van der Waals surface area contributed by atoms with Crippen molar-refractivity contribution in [2.75, 3.05) is 38.1 Å². The molecule has 0 saturated carbocycles. The molecule has 0 fully saturated rings. The van der Waals surface area contributed by atoms with Crippen molar-refractivity contribution in [3.63, 3.8) is 0 Å². The summed E-state index contributed by atoms with van der Waals surface area (Å²) in [6, 6.07) is 7.68. The summed E-state index contributed by atoms with van der Waals surface area (Å²) in [5.41, 5.74) is -0.0273. The van der Waals surface area contributed by atoms with Crippen LogP contribution in [0, 0.1) is 0 Å². The number of nitrogens with two attached hydrogens (primary N) is 1. The summed E-state index contributed by atoms with van der Waals surface area (Å²) in [6.07, 6.45) is 5.54. The number of fused-ring (bicyclic) bond motifs is 2. The van der Waals surface area contributed by atoms with Gasteiger partial charge in [-0.05, 0) is 101 Å². The molecule has 25 heteroatoms. The quantitative estimate of drug-likeness (QED) is 0.0901. The van der Waals surface area contributed by atoms with E-state index in [1.807, 2.05) is 6.92 Å². The Hall–Kier alpha value is -4.36. The smallest absolute Gasteiger partial charge is 0.374 e. The van der Waals surface area contributed by atoms with E-state index >= 15 is 0 Å². The van der Waals surface area contributed by atoms with Gasteiger partial charge in [0.1, 0.15) is 16.7 Å². The second kappa shape index (κ2) is 20.2. The lowest BCUT2D eigenvalue weighted by molar-refractivity contribution is -0.0435.